The maximum atomic E-state index is 5.36. The van der Waals surface area contributed by atoms with E-state index in [1.165, 1.54) is 5.56 Å². The highest BCUT2D eigenvalue weighted by Crippen LogP contribution is 2.40. The van der Waals surface area contributed by atoms with Gasteiger partial charge in [0.05, 0.1) is 14.2 Å². The summed E-state index contributed by atoms with van der Waals surface area (Å²) in [4.78, 5) is 0. The fraction of sp³-hybridized carbons (Fsp3) is 0.571. The van der Waals surface area contributed by atoms with Crippen molar-refractivity contribution in [2.75, 3.05) is 27.3 Å². The fourth-order valence-electron chi connectivity index (χ4n) is 2.58. The van der Waals surface area contributed by atoms with Gasteiger partial charge < -0.3 is 14.8 Å². The van der Waals surface area contributed by atoms with Gasteiger partial charge in [0.2, 0.25) is 0 Å². The SMILES string of the molecule is COc1ccc(C2CNCC2(C)C)cc1OC. The summed E-state index contributed by atoms with van der Waals surface area (Å²) in [5, 5.41) is 3.46. The Kier molecular flexibility index (Phi) is 3.29. The fourth-order valence-corrected chi connectivity index (χ4v) is 2.58. The molecule has 1 saturated heterocycles. The Morgan fingerprint density at radius 1 is 1.18 bits per heavy atom. The molecule has 1 N–H and O–H groups in total. The second-order valence-electron chi connectivity index (χ2n) is 5.29. The van der Waals surface area contributed by atoms with Crippen molar-refractivity contribution in [3.05, 3.63) is 23.8 Å². The molecule has 0 saturated carbocycles. The van der Waals surface area contributed by atoms with Gasteiger partial charge in [-0.05, 0) is 23.1 Å². The van der Waals surface area contributed by atoms with Gasteiger partial charge in [-0.1, -0.05) is 19.9 Å². The lowest BCUT2D eigenvalue weighted by Crippen LogP contribution is -2.20. The number of benzene rings is 1. The lowest BCUT2D eigenvalue weighted by atomic mass is 9.78. The van der Waals surface area contributed by atoms with Crippen molar-refractivity contribution in [2.24, 2.45) is 5.41 Å². The molecule has 1 atom stereocenters. The van der Waals surface area contributed by atoms with Crippen molar-refractivity contribution >= 4 is 0 Å². The van der Waals surface area contributed by atoms with Crippen LogP contribution in [0, 0.1) is 5.41 Å². The van der Waals surface area contributed by atoms with E-state index in [2.05, 4.69) is 31.3 Å². The first-order valence-corrected chi connectivity index (χ1v) is 6.01. The lowest BCUT2D eigenvalue weighted by Gasteiger charge is -2.26. The van der Waals surface area contributed by atoms with Crippen LogP contribution in [0.25, 0.3) is 0 Å². The third-order valence-electron chi connectivity index (χ3n) is 3.68. The number of methoxy groups -OCH3 is 2. The summed E-state index contributed by atoms with van der Waals surface area (Å²) < 4.78 is 10.6. The third kappa shape index (κ3) is 2.25. The lowest BCUT2D eigenvalue weighted by molar-refractivity contribution is 0.346. The first-order valence-electron chi connectivity index (χ1n) is 6.01. The summed E-state index contributed by atoms with van der Waals surface area (Å²) in [5.41, 5.74) is 1.61. The van der Waals surface area contributed by atoms with Crippen molar-refractivity contribution in [2.45, 2.75) is 19.8 Å². The minimum Gasteiger partial charge on any atom is -0.493 e. The molecule has 1 aliphatic rings. The third-order valence-corrected chi connectivity index (χ3v) is 3.68. The summed E-state index contributed by atoms with van der Waals surface area (Å²) in [5.74, 6) is 2.13. The minimum absolute atomic E-state index is 0.291. The maximum absolute atomic E-state index is 5.36. The molecular weight excluding hydrogens is 214 g/mol. The minimum atomic E-state index is 0.291. The van der Waals surface area contributed by atoms with Crippen molar-refractivity contribution in [1.82, 2.24) is 5.32 Å². The number of ether oxygens (including phenoxy) is 2. The summed E-state index contributed by atoms with van der Waals surface area (Å²) in [7, 11) is 3.35. The van der Waals surface area contributed by atoms with E-state index in [1.807, 2.05) is 6.07 Å². The molecule has 0 amide bonds. The van der Waals surface area contributed by atoms with Crippen LogP contribution in [-0.2, 0) is 0 Å². The van der Waals surface area contributed by atoms with Gasteiger partial charge in [0.15, 0.2) is 11.5 Å². The van der Waals surface area contributed by atoms with Crippen LogP contribution in [-0.4, -0.2) is 27.3 Å². The van der Waals surface area contributed by atoms with Gasteiger partial charge >= 0.3 is 0 Å². The zero-order valence-electron chi connectivity index (χ0n) is 11.0. The largest absolute Gasteiger partial charge is 0.493 e. The van der Waals surface area contributed by atoms with Crippen molar-refractivity contribution in [3.63, 3.8) is 0 Å². The van der Waals surface area contributed by atoms with E-state index in [4.69, 9.17) is 9.47 Å². The van der Waals surface area contributed by atoms with Crippen LogP contribution in [0.15, 0.2) is 18.2 Å². The molecule has 1 fully saturated rings. The highest BCUT2D eigenvalue weighted by atomic mass is 16.5. The van der Waals surface area contributed by atoms with E-state index in [0.717, 1.165) is 24.6 Å². The van der Waals surface area contributed by atoms with Gasteiger partial charge in [-0.25, -0.2) is 0 Å². The summed E-state index contributed by atoms with van der Waals surface area (Å²) >= 11 is 0. The van der Waals surface area contributed by atoms with E-state index in [9.17, 15) is 0 Å². The predicted octanol–water partition coefficient (Wildman–Crippen LogP) is 2.42. The molecule has 0 radical (unpaired) electrons. The zero-order chi connectivity index (χ0) is 12.5. The van der Waals surface area contributed by atoms with E-state index in [1.54, 1.807) is 14.2 Å². The molecule has 1 aromatic carbocycles. The molecule has 17 heavy (non-hydrogen) atoms. The number of rotatable bonds is 3. The van der Waals surface area contributed by atoms with E-state index >= 15 is 0 Å². The molecule has 94 valence electrons. The van der Waals surface area contributed by atoms with E-state index < -0.39 is 0 Å². The van der Waals surface area contributed by atoms with Crippen LogP contribution in [0.4, 0.5) is 0 Å². The average Bonchev–Trinajstić information content (AvgIpc) is 2.68. The number of hydrogen-bond donors (Lipinski definition) is 1. The molecule has 3 heteroatoms. The second-order valence-corrected chi connectivity index (χ2v) is 5.29. The first-order chi connectivity index (χ1) is 8.08. The number of nitrogens with one attached hydrogen (secondary N) is 1. The van der Waals surface area contributed by atoms with Crippen LogP contribution in [0.1, 0.15) is 25.3 Å². The van der Waals surface area contributed by atoms with E-state index in [-0.39, 0.29) is 0 Å². The van der Waals surface area contributed by atoms with Crippen LogP contribution >= 0.6 is 0 Å². The molecule has 3 nitrogen and oxygen atoms in total. The molecule has 0 spiro atoms. The smallest absolute Gasteiger partial charge is 0.160 e. The van der Waals surface area contributed by atoms with Crippen molar-refractivity contribution in [1.29, 1.82) is 0 Å². The molecule has 1 aromatic rings. The Hall–Kier alpha value is -1.22. The van der Waals surface area contributed by atoms with Crippen LogP contribution in [0.2, 0.25) is 0 Å². The maximum Gasteiger partial charge on any atom is 0.160 e. The Morgan fingerprint density at radius 3 is 2.41 bits per heavy atom. The van der Waals surface area contributed by atoms with E-state index in [0.29, 0.717) is 11.3 Å². The molecule has 0 bridgehead atoms. The number of hydrogen-bond acceptors (Lipinski definition) is 3. The van der Waals surface area contributed by atoms with Gasteiger partial charge in [-0.3, -0.25) is 0 Å². The highest BCUT2D eigenvalue weighted by Gasteiger charge is 2.35. The molecule has 2 rings (SSSR count). The molecular formula is C14H21NO2. The Balaban J connectivity index is 2.33. The quantitative estimate of drug-likeness (QED) is 0.872. The first kappa shape index (κ1) is 12.2. The second kappa shape index (κ2) is 4.57. The van der Waals surface area contributed by atoms with Crippen LogP contribution < -0.4 is 14.8 Å². The van der Waals surface area contributed by atoms with Crippen molar-refractivity contribution in [3.8, 4) is 11.5 Å². The van der Waals surface area contributed by atoms with Gasteiger partial charge in [0, 0.05) is 19.0 Å². The van der Waals surface area contributed by atoms with Crippen LogP contribution in [0.5, 0.6) is 11.5 Å². The summed E-state index contributed by atoms with van der Waals surface area (Å²) in [6.45, 7) is 6.69. The monoisotopic (exact) mass is 235 g/mol. The van der Waals surface area contributed by atoms with Gasteiger partial charge in [0.1, 0.15) is 0 Å². The predicted molar refractivity (Wildman–Crippen MR) is 68.9 cm³/mol. The standard InChI is InChI=1S/C14H21NO2/c1-14(2)9-15-8-11(14)10-5-6-12(16-3)13(7-10)17-4/h5-7,11,15H,8-9H2,1-4H3. The van der Waals surface area contributed by atoms with Gasteiger partial charge in [-0.15, -0.1) is 0 Å². The van der Waals surface area contributed by atoms with Crippen LogP contribution in [0.3, 0.4) is 0 Å². The topological polar surface area (TPSA) is 30.5 Å². The summed E-state index contributed by atoms with van der Waals surface area (Å²) in [6.07, 6.45) is 0. The zero-order valence-corrected chi connectivity index (χ0v) is 11.0. The Morgan fingerprint density at radius 2 is 1.88 bits per heavy atom. The average molecular weight is 235 g/mol. The molecule has 1 unspecified atom stereocenters. The molecule has 1 heterocycles. The molecule has 1 aliphatic heterocycles. The van der Waals surface area contributed by atoms with Gasteiger partial charge in [-0.2, -0.15) is 0 Å². The highest BCUT2D eigenvalue weighted by molar-refractivity contribution is 5.44. The Labute approximate surface area is 103 Å². The van der Waals surface area contributed by atoms with Gasteiger partial charge in [0.25, 0.3) is 0 Å². The molecule has 0 aliphatic carbocycles. The molecule has 0 aromatic heterocycles. The van der Waals surface area contributed by atoms with Crippen molar-refractivity contribution < 1.29 is 9.47 Å². The normalized spacial score (nSPS) is 22.5. The summed E-state index contributed by atoms with van der Waals surface area (Å²) in [6, 6.07) is 6.22. The Bertz CT molecular complexity index is 401.